The molecule has 0 aliphatic heterocycles. The van der Waals surface area contributed by atoms with E-state index in [0.29, 0.717) is 5.56 Å². The molecule has 1 atom stereocenters. The molecule has 1 heterocycles. The number of amides is 1. The largest absolute Gasteiger partial charge is 0.349 e. The molecule has 2 aromatic rings. The lowest BCUT2D eigenvalue weighted by Gasteiger charge is -2.14. The summed E-state index contributed by atoms with van der Waals surface area (Å²) in [6.45, 7) is 5.84. The molecule has 1 aromatic carbocycles. The van der Waals surface area contributed by atoms with Gasteiger partial charge in [0.2, 0.25) is 0 Å². The van der Waals surface area contributed by atoms with Crippen molar-refractivity contribution in [3.8, 4) is 0 Å². The Hall–Kier alpha value is -2.10. The van der Waals surface area contributed by atoms with Crippen LogP contribution in [0.1, 0.15) is 40.7 Å². The van der Waals surface area contributed by atoms with Crippen LogP contribution in [0.4, 0.5) is 0 Å². The molecule has 1 N–H and O–H groups in total. The van der Waals surface area contributed by atoms with E-state index in [1.54, 1.807) is 4.68 Å². The van der Waals surface area contributed by atoms with Crippen molar-refractivity contribution in [1.29, 1.82) is 0 Å². The van der Waals surface area contributed by atoms with Gasteiger partial charge >= 0.3 is 0 Å². The van der Waals surface area contributed by atoms with E-state index in [2.05, 4.69) is 22.5 Å². The molecule has 0 spiro atoms. The first kappa shape index (κ1) is 15.3. The Morgan fingerprint density at radius 2 is 1.95 bits per heavy atom. The van der Waals surface area contributed by atoms with Crippen LogP contribution in [-0.4, -0.2) is 21.7 Å². The van der Waals surface area contributed by atoms with Crippen LogP contribution in [0, 0.1) is 13.8 Å². The minimum atomic E-state index is -0.0290. The maximum atomic E-state index is 12.4. The van der Waals surface area contributed by atoms with Crippen molar-refractivity contribution in [3.63, 3.8) is 0 Å². The molecule has 0 fully saturated rings. The standard InChI is InChI=1S/C17H23N3O/c1-12(10-11-15-8-6-5-7-9-15)18-17(21)16-13(2)19-20(4)14(16)3/h5-9,12H,10-11H2,1-4H3,(H,18,21)/t12-/m0/s1. The van der Waals surface area contributed by atoms with Gasteiger partial charge in [0.1, 0.15) is 0 Å². The predicted molar refractivity (Wildman–Crippen MR) is 84.4 cm³/mol. The second kappa shape index (κ2) is 6.57. The third-order valence-corrected chi connectivity index (χ3v) is 3.82. The number of benzene rings is 1. The molecule has 0 aliphatic rings. The first-order chi connectivity index (χ1) is 9.99. The van der Waals surface area contributed by atoms with Crippen molar-refractivity contribution in [1.82, 2.24) is 15.1 Å². The van der Waals surface area contributed by atoms with Crippen LogP contribution in [0.5, 0.6) is 0 Å². The summed E-state index contributed by atoms with van der Waals surface area (Å²) in [7, 11) is 1.86. The Bertz CT molecular complexity index is 616. The van der Waals surface area contributed by atoms with Crippen LogP contribution < -0.4 is 5.32 Å². The van der Waals surface area contributed by atoms with Gasteiger partial charge in [0, 0.05) is 18.8 Å². The van der Waals surface area contributed by atoms with Gasteiger partial charge in [0.05, 0.1) is 11.3 Å². The number of carbonyl (C=O) groups is 1. The average molecular weight is 285 g/mol. The first-order valence-electron chi connectivity index (χ1n) is 7.34. The van der Waals surface area contributed by atoms with Crippen LogP contribution in [0.2, 0.25) is 0 Å². The van der Waals surface area contributed by atoms with Crippen molar-refractivity contribution < 1.29 is 4.79 Å². The van der Waals surface area contributed by atoms with Crippen molar-refractivity contribution in [2.75, 3.05) is 0 Å². The smallest absolute Gasteiger partial charge is 0.255 e. The van der Waals surface area contributed by atoms with Crippen molar-refractivity contribution in [2.45, 2.75) is 39.7 Å². The number of aromatic nitrogens is 2. The lowest BCUT2D eigenvalue weighted by molar-refractivity contribution is 0.0937. The number of rotatable bonds is 5. The monoisotopic (exact) mass is 285 g/mol. The van der Waals surface area contributed by atoms with Crippen LogP contribution >= 0.6 is 0 Å². The van der Waals surface area contributed by atoms with E-state index in [4.69, 9.17) is 0 Å². The van der Waals surface area contributed by atoms with E-state index in [1.807, 2.05) is 46.0 Å². The summed E-state index contributed by atoms with van der Waals surface area (Å²) >= 11 is 0. The fourth-order valence-corrected chi connectivity index (χ4v) is 2.50. The highest BCUT2D eigenvalue weighted by Crippen LogP contribution is 2.12. The SMILES string of the molecule is Cc1nn(C)c(C)c1C(=O)N[C@@H](C)CCc1ccccc1. The van der Waals surface area contributed by atoms with Crippen molar-refractivity contribution in [2.24, 2.45) is 7.05 Å². The Balaban J connectivity index is 1.93. The maximum absolute atomic E-state index is 12.4. The summed E-state index contributed by atoms with van der Waals surface area (Å²) in [6.07, 6.45) is 1.89. The van der Waals surface area contributed by atoms with Crippen LogP contribution in [-0.2, 0) is 13.5 Å². The first-order valence-corrected chi connectivity index (χ1v) is 7.34. The lowest BCUT2D eigenvalue weighted by Crippen LogP contribution is -2.33. The Labute approximate surface area is 126 Å². The molecule has 21 heavy (non-hydrogen) atoms. The summed E-state index contributed by atoms with van der Waals surface area (Å²) in [6, 6.07) is 10.5. The average Bonchev–Trinajstić information content (AvgIpc) is 2.71. The molecule has 112 valence electrons. The zero-order valence-electron chi connectivity index (χ0n) is 13.2. The van der Waals surface area contributed by atoms with Gasteiger partial charge in [-0.1, -0.05) is 30.3 Å². The van der Waals surface area contributed by atoms with E-state index in [9.17, 15) is 4.79 Å². The van der Waals surface area contributed by atoms with E-state index in [-0.39, 0.29) is 11.9 Å². The summed E-state index contributed by atoms with van der Waals surface area (Å²) in [5.74, 6) is -0.0290. The Morgan fingerprint density at radius 1 is 1.29 bits per heavy atom. The van der Waals surface area contributed by atoms with Gasteiger partial charge in [-0.2, -0.15) is 5.10 Å². The van der Waals surface area contributed by atoms with E-state index in [0.717, 1.165) is 24.2 Å². The second-order valence-electron chi connectivity index (χ2n) is 5.57. The molecular formula is C17H23N3O. The van der Waals surface area contributed by atoms with Gasteiger partial charge in [0.15, 0.2) is 0 Å². The number of hydrogen-bond acceptors (Lipinski definition) is 2. The molecule has 1 amide bonds. The van der Waals surface area contributed by atoms with Gasteiger partial charge < -0.3 is 5.32 Å². The molecule has 4 nitrogen and oxygen atoms in total. The zero-order chi connectivity index (χ0) is 15.4. The predicted octanol–water partition coefficient (Wildman–Crippen LogP) is 2.79. The Kier molecular flexibility index (Phi) is 4.78. The second-order valence-corrected chi connectivity index (χ2v) is 5.57. The molecule has 1 aromatic heterocycles. The van der Waals surface area contributed by atoms with Gasteiger partial charge in [-0.3, -0.25) is 9.48 Å². The summed E-state index contributed by atoms with van der Waals surface area (Å²) in [4.78, 5) is 12.4. The van der Waals surface area contributed by atoms with Crippen LogP contribution in [0.3, 0.4) is 0 Å². The molecule has 2 rings (SSSR count). The summed E-state index contributed by atoms with van der Waals surface area (Å²) in [5.41, 5.74) is 3.68. The third-order valence-electron chi connectivity index (χ3n) is 3.82. The minimum absolute atomic E-state index is 0.0290. The van der Waals surface area contributed by atoms with E-state index >= 15 is 0 Å². The van der Waals surface area contributed by atoms with E-state index in [1.165, 1.54) is 5.56 Å². The number of carbonyl (C=O) groups excluding carboxylic acids is 1. The van der Waals surface area contributed by atoms with Gasteiger partial charge in [-0.05, 0) is 39.2 Å². The molecule has 0 saturated heterocycles. The fourth-order valence-electron chi connectivity index (χ4n) is 2.50. The molecule has 0 radical (unpaired) electrons. The number of hydrogen-bond donors (Lipinski definition) is 1. The molecular weight excluding hydrogens is 262 g/mol. The number of nitrogens with zero attached hydrogens (tertiary/aromatic N) is 2. The number of aryl methyl sites for hydroxylation is 3. The Morgan fingerprint density at radius 3 is 2.52 bits per heavy atom. The van der Waals surface area contributed by atoms with Crippen LogP contribution in [0.15, 0.2) is 30.3 Å². The molecule has 0 unspecified atom stereocenters. The van der Waals surface area contributed by atoms with E-state index < -0.39 is 0 Å². The summed E-state index contributed by atoms with van der Waals surface area (Å²) in [5, 5.41) is 7.36. The van der Waals surface area contributed by atoms with Crippen LogP contribution in [0.25, 0.3) is 0 Å². The fraction of sp³-hybridized carbons (Fsp3) is 0.412. The van der Waals surface area contributed by atoms with Crippen molar-refractivity contribution in [3.05, 3.63) is 52.8 Å². The minimum Gasteiger partial charge on any atom is -0.349 e. The molecule has 4 heteroatoms. The van der Waals surface area contributed by atoms with Gasteiger partial charge in [-0.25, -0.2) is 0 Å². The van der Waals surface area contributed by atoms with Gasteiger partial charge in [-0.15, -0.1) is 0 Å². The molecule has 0 saturated carbocycles. The lowest BCUT2D eigenvalue weighted by atomic mass is 10.1. The summed E-state index contributed by atoms with van der Waals surface area (Å²) < 4.78 is 1.75. The number of nitrogens with one attached hydrogen (secondary N) is 1. The zero-order valence-corrected chi connectivity index (χ0v) is 13.2. The topological polar surface area (TPSA) is 46.9 Å². The highest BCUT2D eigenvalue weighted by molar-refractivity contribution is 5.96. The molecule has 0 bridgehead atoms. The maximum Gasteiger partial charge on any atom is 0.255 e. The highest BCUT2D eigenvalue weighted by Gasteiger charge is 2.18. The normalized spacial score (nSPS) is 12.2. The molecule has 0 aliphatic carbocycles. The van der Waals surface area contributed by atoms with Gasteiger partial charge in [0.25, 0.3) is 5.91 Å². The third kappa shape index (κ3) is 3.72. The van der Waals surface area contributed by atoms with Crippen molar-refractivity contribution >= 4 is 5.91 Å². The highest BCUT2D eigenvalue weighted by atomic mass is 16.1. The quantitative estimate of drug-likeness (QED) is 0.918.